The lowest BCUT2D eigenvalue weighted by Crippen LogP contribution is -1.78. The van der Waals surface area contributed by atoms with Crippen LogP contribution in [0.4, 0.5) is 0 Å². The van der Waals surface area contributed by atoms with E-state index in [0.717, 1.165) is 5.56 Å². The van der Waals surface area contributed by atoms with Gasteiger partial charge in [-0.1, -0.05) is 37.6 Å². The first-order valence-electron chi connectivity index (χ1n) is 5.45. The minimum atomic E-state index is 0.0465. The van der Waals surface area contributed by atoms with Gasteiger partial charge in [-0.05, 0) is 29.8 Å². The van der Waals surface area contributed by atoms with Gasteiger partial charge in [-0.25, -0.2) is 0 Å². The number of hydrogen-bond acceptors (Lipinski definition) is 2. The number of phenolic OH excluding ortho intramolecular Hbond substituents is 2. The summed E-state index contributed by atoms with van der Waals surface area (Å²) in [5, 5.41) is 19.4. The molecule has 90 valence electrons. The molecular formula is C14H15ClO2. The van der Waals surface area contributed by atoms with Crippen LogP contribution < -0.4 is 0 Å². The van der Waals surface area contributed by atoms with Gasteiger partial charge in [-0.15, -0.1) is 0 Å². The van der Waals surface area contributed by atoms with Crippen LogP contribution in [0.5, 0.6) is 11.5 Å². The number of phenols is 2. The van der Waals surface area contributed by atoms with Gasteiger partial charge in [-0.3, -0.25) is 0 Å². The third-order valence-corrected chi connectivity index (χ3v) is 2.39. The highest BCUT2D eigenvalue weighted by Crippen LogP contribution is 2.32. The zero-order valence-electron chi connectivity index (χ0n) is 9.81. The van der Waals surface area contributed by atoms with Crippen LogP contribution in [0.25, 0.3) is 11.1 Å². The first-order chi connectivity index (χ1) is 8.16. The van der Waals surface area contributed by atoms with Crippen molar-refractivity contribution in [3.63, 3.8) is 0 Å². The molecule has 2 nitrogen and oxygen atoms in total. The monoisotopic (exact) mass is 250 g/mol. The Labute approximate surface area is 106 Å². The molecule has 2 aromatic carbocycles. The third-order valence-electron chi connectivity index (χ3n) is 2.14. The zero-order chi connectivity index (χ0) is 12.8. The summed E-state index contributed by atoms with van der Waals surface area (Å²) in [5.41, 5.74) is 1.53. The topological polar surface area (TPSA) is 40.5 Å². The van der Waals surface area contributed by atoms with Crippen molar-refractivity contribution in [1.29, 1.82) is 0 Å². The molecule has 0 fully saturated rings. The van der Waals surface area contributed by atoms with Crippen molar-refractivity contribution in [3.05, 3.63) is 47.5 Å². The van der Waals surface area contributed by atoms with E-state index in [1.807, 2.05) is 26.0 Å². The lowest BCUT2D eigenvalue weighted by molar-refractivity contribution is 0.452. The van der Waals surface area contributed by atoms with Crippen LogP contribution >= 0.6 is 11.6 Å². The second-order valence-electron chi connectivity index (χ2n) is 3.21. The average molecular weight is 251 g/mol. The smallest absolute Gasteiger partial charge is 0.127 e. The normalized spacial score (nSPS) is 9.35. The SMILES string of the molecule is CC.Oc1ccc(-c2ccc(Cl)cc2)c(O)c1. The maximum absolute atomic E-state index is 9.62. The summed E-state index contributed by atoms with van der Waals surface area (Å²) in [6.07, 6.45) is 0. The molecule has 0 radical (unpaired) electrons. The molecule has 0 spiro atoms. The third kappa shape index (κ3) is 3.40. The van der Waals surface area contributed by atoms with Crippen molar-refractivity contribution in [1.82, 2.24) is 0 Å². The van der Waals surface area contributed by atoms with Gasteiger partial charge >= 0.3 is 0 Å². The van der Waals surface area contributed by atoms with Gasteiger partial charge in [0, 0.05) is 16.7 Å². The standard InChI is InChI=1S/C12H9ClO2.C2H6/c13-9-3-1-8(2-4-9)11-6-5-10(14)7-12(11)15;1-2/h1-7,14-15H;1-2H3. The number of rotatable bonds is 1. The van der Waals surface area contributed by atoms with E-state index in [4.69, 9.17) is 16.7 Å². The number of benzene rings is 2. The number of hydrogen-bond donors (Lipinski definition) is 2. The van der Waals surface area contributed by atoms with Crippen molar-refractivity contribution in [2.75, 3.05) is 0 Å². The van der Waals surface area contributed by atoms with Crippen molar-refractivity contribution >= 4 is 11.6 Å². The molecule has 0 aliphatic heterocycles. The van der Waals surface area contributed by atoms with E-state index >= 15 is 0 Å². The molecule has 0 amide bonds. The highest BCUT2D eigenvalue weighted by atomic mass is 35.5. The molecule has 0 heterocycles. The Morgan fingerprint density at radius 2 is 1.47 bits per heavy atom. The van der Waals surface area contributed by atoms with Gasteiger partial charge in [0.2, 0.25) is 0 Å². The minimum absolute atomic E-state index is 0.0465. The predicted octanol–water partition coefficient (Wildman–Crippen LogP) is 4.44. The molecule has 2 rings (SSSR count). The van der Waals surface area contributed by atoms with Crippen molar-refractivity contribution < 1.29 is 10.2 Å². The molecule has 3 heteroatoms. The fourth-order valence-electron chi connectivity index (χ4n) is 1.39. The fourth-order valence-corrected chi connectivity index (χ4v) is 1.52. The summed E-state index contributed by atoms with van der Waals surface area (Å²) >= 11 is 5.76. The van der Waals surface area contributed by atoms with E-state index < -0.39 is 0 Å². The van der Waals surface area contributed by atoms with Gasteiger partial charge in [0.15, 0.2) is 0 Å². The Morgan fingerprint density at radius 3 is 2.00 bits per heavy atom. The molecule has 0 atom stereocenters. The summed E-state index contributed by atoms with van der Waals surface area (Å²) in [6.45, 7) is 4.00. The zero-order valence-corrected chi connectivity index (χ0v) is 10.6. The minimum Gasteiger partial charge on any atom is -0.508 e. The quantitative estimate of drug-likeness (QED) is 0.785. The molecule has 17 heavy (non-hydrogen) atoms. The summed E-state index contributed by atoms with van der Waals surface area (Å²) in [5.74, 6) is 0.0996. The lowest BCUT2D eigenvalue weighted by atomic mass is 10.0. The second kappa shape index (κ2) is 6.16. The molecule has 0 saturated carbocycles. The van der Waals surface area contributed by atoms with Crippen molar-refractivity contribution in [3.8, 4) is 22.6 Å². The Hall–Kier alpha value is -1.67. The van der Waals surface area contributed by atoms with E-state index in [9.17, 15) is 5.11 Å². The molecule has 0 aliphatic carbocycles. The summed E-state index contributed by atoms with van der Waals surface area (Å²) in [7, 11) is 0. The molecule has 2 aromatic rings. The van der Waals surface area contributed by atoms with E-state index in [-0.39, 0.29) is 11.5 Å². The average Bonchev–Trinajstić information content (AvgIpc) is 2.33. The Bertz CT molecular complexity index is 478. The highest BCUT2D eigenvalue weighted by molar-refractivity contribution is 6.30. The van der Waals surface area contributed by atoms with Crippen LogP contribution in [0.1, 0.15) is 13.8 Å². The van der Waals surface area contributed by atoms with E-state index in [0.29, 0.717) is 10.6 Å². The van der Waals surface area contributed by atoms with E-state index in [1.54, 1.807) is 18.2 Å². The molecule has 0 aromatic heterocycles. The lowest BCUT2D eigenvalue weighted by Gasteiger charge is -2.05. The second-order valence-corrected chi connectivity index (χ2v) is 3.64. The largest absolute Gasteiger partial charge is 0.508 e. The van der Waals surface area contributed by atoms with Crippen molar-refractivity contribution in [2.24, 2.45) is 0 Å². The van der Waals surface area contributed by atoms with Gasteiger partial charge in [0.1, 0.15) is 11.5 Å². The van der Waals surface area contributed by atoms with E-state index in [2.05, 4.69) is 0 Å². The summed E-state index contributed by atoms with van der Waals surface area (Å²) in [4.78, 5) is 0. The highest BCUT2D eigenvalue weighted by Gasteiger charge is 2.04. The van der Waals surface area contributed by atoms with Crippen LogP contribution in [0.2, 0.25) is 5.02 Å². The van der Waals surface area contributed by atoms with E-state index in [1.165, 1.54) is 12.1 Å². The molecule has 0 saturated heterocycles. The first kappa shape index (κ1) is 13.4. The maximum atomic E-state index is 9.62. The fraction of sp³-hybridized carbons (Fsp3) is 0.143. The van der Waals surface area contributed by atoms with Gasteiger partial charge < -0.3 is 10.2 Å². The van der Waals surface area contributed by atoms with Crippen LogP contribution in [-0.2, 0) is 0 Å². The maximum Gasteiger partial charge on any atom is 0.127 e. The summed E-state index contributed by atoms with van der Waals surface area (Å²) in [6, 6.07) is 11.6. The Balaban J connectivity index is 0.000000686. The number of aromatic hydroxyl groups is 2. The number of halogens is 1. The van der Waals surface area contributed by atoms with Gasteiger partial charge in [-0.2, -0.15) is 0 Å². The molecule has 0 bridgehead atoms. The predicted molar refractivity (Wildman–Crippen MR) is 71.6 cm³/mol. The summed E-state index contributed by atoms with van der Waals surface area (Å²) < 4.78 is 0. The molecule has 0 aliphatic rings. The van der Waals surface area contributed by atoms with Crippen LogP contribution in [-0.4, -0.2) is 10.2 Å². The molecule has 2 N–H and O–H groups in total. The first-order valence-corrected chi connectivity index (χ1v) is 5.82. The van der Waals surface area contributed by atoms with Crippen LogP contribution in [0.15, 0.2) is 42.5 Å². The van der Waals surface area contributed by atoms with Crippen molar-refractivity contribution in [2.45, 2.75) is 13.8 Å². The van der Waals surface area contributed by atoms with Gasteiger partial charge in [0.25, 0.3) is 0 Å². The molecule has 0 unspecified atom stereocenters. The van der Waals surface area contributed by atoms with Crippen LogP contribution in [0, 0.1) is 0 Å². The Kier molecular flexibility index (Phi) is 4.85. The molecular weight excluding hydrogens is 236 g/mol. The van der Waals surface area contributed by atoms with Gasteiger partial charge in [0.05, 0.1) is 0 Å². The Morgan fingerprint density at radius 1 is 0.882 bits per heavy atom. The van der Waals surface area contributed by atoms with Crippen LogP contribution in [0.3, 0.4) is 0 Å².